The first kappa shape index (κ1) is 19.4. The fourth-order valence-electron chi connectivity index (χ4n) is 2.28. The number of benzene rings is 1. The summed E-state index contributed by atoms with van der Waals surface area (Å²) in [6, 6.07) is 6.61. The van der Waals surface area contributed by atoms with Crippen LogP contribution in [0.3, 0.4) is 0 Å². The van der Waals surface area contributed by atoms with Crippen molar-refractivity contribution < 1.29 is 23.4 Å². The lowest BCUT2D eigenvalue weighted by Gasteiger charge is -2.12. The SMILES string of the molecule is COc1cc(C=Cc2cc(OCC(C)C)cc(=O)o2)cc(OC)c1OC. The third kappa shape index (κ3) is 5.05. The molecule has 1 heterocycles. The first-order valence-corrected chi connectivity index (χ1v) is 8.23. The van der Waals surface area contributed by atoms with E-state index in [-0.39, 0.29) is 0 Å². The van der Waals surface area contributed by atoms with Gasteiger partial charge in [-0.2, -0.15) is 0 Å². The van der Waals surface area contributed by atoms with Crippen LogP contribution in [0, 0.1) is 5.92 Å². The van der Waals surface area contributed by atoms with Gasteiger partial charge in [0.15, 0.2) is 11.5 Å². The van der Waals surface area contributed by atoms with Gasteiger partial charge in [-0.3, -0.25) is 0 Å². The van der Waals surface area contributed by atoms with Crippen LogP contribution in [0.25, 0.3) is 12.2 Å². The van der Waals surface area contributed by atoms with Crippen LogP contribution in [-0.4, -0.2) is 27.9 Å². The van der Waals surface area contributed by atoms with Gasteiger partial charge in [-0.05, 0) is 29.7 Å². The highest BCUT2D eigenvalue weighted by atomic mass is 16.5. The second kappa shape index (κ2) is 8.99. The Labute approximate surface area is 153 Å². The molecule has 0 N–H and O–H groups in total. The van der Waals surface area contributed by atoms with E-state index in [1.54, 1.807) is 51.7 Å². The molecule has 0 saturated heterocycles. The van der Waals surface area contributed by atoms with Gasteiger partial charge in [0.05, 0.1) is 34.0 Å². The highest BCUT2D eigenvalue weighted by Gasteiger charge is 2.12. The molecule has 2 aromatic rings. The van der Waals surface area contributed by atoms with Crippen molar-refractivity contribution in [2.45, 2.75) is 13.8 Å². The lowest BCUT2D eigenvalue weighted by Crippen LogP contribution is -2.07. The Balaban J connectivity index is 2.30. The zero-order valence-electron chi connectivity index (χ0n) is 15.7. The van der Waals surface area contributed by atoms with Crippen LogP contribution >= 0.6 is 0 Å². The van der Waals surface area contributed by atoms with Crippen LogP contribution in [0.4, 0.5) is 0 Å². The molecule has 0 fully saturated rings. The summed E-state index contributed by atoms with van der Waals surface area (Å²) in [6.07, 6.45) is 3.47. The van der Waals surface area contributed by atoms with Crippen molar-refractivity contribution >= 4 is 12.2 Å². The van der Waals surface area contributed by atoms with E-state index in [0.29, 0.717) is 41.3 Å². The molecule has 0 spiro atoms. The van der Waals surface area contributed by atoms with Crippen molar-refractivity contribution in [3.63, 3.8) is 0 Å². The van der Waals surface area contributed by atoms with Gasteiger partial charge >= 0.3 is 5.63 Å². The average Bonchev–Trinajstić information content (AvgIpc) is 2.63. The summed E-state index contributed by atoms with van der Waals surface area (Å²) >= 11 is 0. The first-order chi connectivity index (χ1) is 12.5. The van der Waals surface area contributed by atoms with Gasteiger partial charge in [-0.15, -0.1) is 0 Å². The smallest absolute Gasteiger partial charge is 0.339 e. The van der Waals surface area contributed by atoms with E-state index in [9.17, 15) is 4.79 Å². The van der Waals surface area contributed by atoms with Crippen LogP contribution in [0.1, 0.15) is 25.2 Å². The third-order valence-electron chi connectivity index (χ3n) is 3.47. The Morgan fingerprint density at radius 3 is 2.15 bits per heavy atom. The van der Waals surface area contributed by atoms with Crippen molar-refractivity contribution in [3.8, 4) is 23.0 Å². The standard InChI is InChI=1S/C20H24O6/c1-13(2)12-25-16-10-15(26-19(21)11-16)7-6-14-8-17(22-3)20(24-5)18(9-14)23-4/h6-11,13H,12H2,1-5H3. The van der Waals surface area contributed by atoms with E-state index in [1.807, 2.05) is 13.8 Å². The average molecular weight is 360 g/mol. The van der Waals surface area contributed by atoms with Gasteiger partial charge in [0.1, 0.15) is 11.5 Å². The zero-order chi connectivity index (χ0) is 19.1. The molecule has 1 aromatic carbocycles. The van der Waals surface area contributed by atoms with Gasteiger partial charge in [0, 0.05) is 6.07 Å². The highest BCUT2D eigenvalue weighted by molar-refractivity contribution is 5.71. The predicted molar refractivity (Wildman–Crippen MR) is 100 cm³/mol. The summed E-state index contributed by atoms with van der Waals surface area (Å²) in [5.41, 5.74) is 0.339. The summed E-state index contributed by atoms with van der Waals surface area (Å²) in [5, 5.41) is 0. The number of methoxy groups -OCH3 is 3. The zero-order valence-corrected chi connectivity index (χ0v) is 15.7. The van der Waals surface area contributed by atoms with E-state index < -0.39 is 5.63 Å². The molecule has 0 aliphatic carbocycles. The summed E-state index contributed by atoms with van der Waals surface area (Å²) in [7, 11) is 4.66. The molecule has 0 aliphatic heterocycles. The number of ether oxygens (including phenoxy) is 4. The minimum absolute atomic E-state index is 0.362. The predicted octanol–water partition coefficient (Wildman–Crippen LogP) is 3.87. The van der Waals surface area contributed by atoms with Gasteiger partial charge in [-0.1, -0.05) is 19.9 Å². The molecule has 0 atom stereocenters. The molecule has 26 heavy (non-hydrogen) atoms. The van der Waals surface area contributed by atoms with Crippen molar-refractivity contribution in [2.75, 3.05) is 27.9 Å². The quantitative estimate of drug-likeness (QED) is 0.712. The van der Waals surface area contributed by atoms with Crippen molar-refractivity contribution in [2.24, 2.45) is 5.92 Å². The second-order valence-corrected chi connectivity index (χ2v) is 6.01. The molecular formula is C20H24O6. The van der Waals surface area contributed by atoms with Crippen LogP contribution in [-0.2, 0) is 0 Å². The summed E-state index contributed by atoms with van der Waals surface area (Å²) < 4.78 is 26.8. The Bertz CT molecular complexity index is 794. The molecule has 6 nitrogen and oxygen atoms in total. The van der Waals surface area contributed by atoms with E-state index in [2.05, 4.69) is 0 Å². The second-order valence-electron chi connectivity index (χ2n) is 6.01. The van der Waals surface area contributed by atoms with Crippen molar-refractivity contribution in [1.82, 2.24) is 0 Å². The Kier molecular flexibility index (Phi) is 6.72. The molecular weight excluding hydrogens is 336 g/mol. The fourth-order valence-corrected chi connectivity index (χ4v) is 2.28. The maximum atomic E-state index is 11.7. The maximum absolute atomic E-state index is 11.7. The number of hydrogen-bond acceptors (Lipinski definition) is 6. The Hall–Kier alpha value is -2.89. The lowest BCUT2D eigenvalue weighted by molar-refractivity contribution is 0.267. The molecule has 0 radical (unpaired) electrons. The first-order valence-electron chi connectivity index (χ1n) is 8.23. The number of rotatable bonds is 8. The molecule has 0 aliphatic rings. The topological polar surface area (TPSA) is 67.1 Å². The highest BCUT2D eigenvalue weighted by Crippen LogP contribution is 2.38. The molecule has 0 unspecified atom stereocenters. The lowest BCUT2D eigenvalue weighted by atomic mass is 10.1. The van der Waals surface area contributed by atoms with Crippen molar-refractivity contribution in [3.05, 3.63) is 46.0 Å². The minimum Gasteiger partial charge on any atom is -0.493 e. The van der Waals surface area contributed by atoms with Gasteiger partial charge in [0.2, 0.25) is 5.75 Å². The van der Waals surface area contributed by atoms with E-state index in [1.165, 1.54) is 6.07 Å². The third-order valence-corrected chi connectivity index (χ3v) is 3.47. The van der Waals surface area contributed by atoms with Crippen LogP contribution in [0.2, 0.25) is 0 Å². The van der Waals surface area contributed by atoms with Crippen LogP contribution in [0.15, 0.2) is 33.5 Å². The van der Waals surface area contributed by atoms with Gasteiger partial charge < -0.3 is 23.4 Å². The molecule has 0 amide bonds. The molecule has 2 rings (SSSR count). The Morgan fingerprint density at radius 1 is 0.962 bits per heavy atom. The van der Waals surface area contributed by atoms with Crippen LogP contribution < -0.4 is 24.6 Å². The van der Waals surface area contributed by atoms with Gasteiger partial charge in [-0.25, -0.2) is 4.79 Å². The molecule has 0 bridgehead atoms. The summed E-state index contributed by atoms with van der Waals surface area (Å²) in [6.45, 7) is 4.60. The maximum Gasteiger partial charge on any atom is 0.339 e. The Morgan fingerprint density at radius 2 is 1.62 bits per heavy atom. The monoisotopic (exact) mass is 360 g/mol. The van der Waals surface area contributed by atoms with Gasteiger partial charge in [0.25, 0.3) is 0 Å². The van der Waals surface area contributed by atoms with Crippen LogP contribution in [0.5, 0.6) is 23.0 Å². The normalized spacial score (nSPS) is 11.0. The van der Waals surface area contributed by atoms with E-state index in [0.717, 1.165) is 5.56 Å². The number of hydrogen-bond donors (Lipinski definition) is 0. The molecule has 1 aromatic heterocycles. The van der Waals surface area contributed by atoms with E-state index >= 15 is 0 Å². The fraction of sp³-hybridized carbons (Fsp3) is 0.350. The largest absolute Gasteiger partial charge is 0.493 e. The molecule has 6 heteroatoms. The van der Waals surface area contributed by atoms with Crippen molar-refractivity contribution in [1.29, 1.82) is 0 Å². The molecule has 140 valence electrons. The summed E-state index contributed by atoms with van der Waals surface area (Å²) in [4.78, 5) is 11.7. The summed E-state index contributed by atoms with van der Waals surface area (Å²) in [5.74, 6) is 2.84. The minimum atomic E-state index is -0.462. The molecule has 0 saturated carbocycles. The van der Waals surface area contributed by atoms with E-state index in [4.69, 9.17) is 23.4 Å².